The number of carbonyl (C=O) groups excluding carboxylic acids is 1. The zero-order valence-corrected chi connectivity index (χ0v) is 18.1. The molecule has 12 heteroatoms. The third-order valence-electron chi connectivity index (χ3n) is 5.22. The van der Waals surface area contributed by atoms with E-state index in [2.05, 4.69) is 25.6 Å². The molecule has 1 saturated heterocycles. The number of nitrogens with one attached hydrogen (secondary N) is 2. The van der Waals surface area contributed by atoms with Crippen molar-refractivity contribution in [3.05, 3.63) is 54.3 Å². The first-order valence-electron chi connectivity index (χ1n) is 9.98. The van der Waals surface area contributed by atoms with E-state index in [0.29, 0.717) is 37.4 Å². The molecule has 1 aliphatic heterocycles. The molecule has 3 aromatic rings. The Hall–Kier alpha value is -3.38. The van der Waals surface area contributed by atoms with E-state index in [4.69, 9.17) is 0 Å². The summed E-state index contributed by atoms with van der Waals surface area (Å²) in [6.07, 6.45) is 0.941. The lowest BCUT2D eigenvalue weighted by atomic mass is 10.1. The molecule has 0 spiro atoms. The number of halogens is 1. The molecule has 1 aliphatic rings. The van der Waals surface area contributed by atoms with Crippen molar-refractivity contribution in [2.75, 3.05) is 18.4 Å². The number of anilines is 1. The summed E-state index contributed by atoms with van der Waals surface area (Å²) < 4.78 is 42.2. The van der Waals surface area contributed by atoms with Crippen molar-refractivity contribution in [2.45, 2.75) is 23.8 Å². The minimum absolute atomic E-state index is 0.0112. The second-order valence-corrected chi connectivity index (χ2v) is 9.19. The van der Waals surface area contributed by atoms with Crippen LogP contribution in [0.1, 0.15) is 12.8 Å². The van der Waals surface area contributed by atoms with Crippen LogP contribution < -0.4 is 10.0 Å². The summed E-state index contributed by atoms with van der Waals surface area (Å²) in [6, 6.07) is 11.3. The molecule has 10 nitrogen and oxygen atoms in total. The van der Waals surface area contributed by atoms with Crippen molar-refractivity contribution >= 4 is 21.7 Å². The van der Waals surface area contributed by atoms with Gasteiger partial charge in [0.05, 0.1) is 4.90 Å². The number of amides is 2. The molecule has 2 heterocycles. The van der Waals surface area contributed by atoms with Gasteiger partial charge < -0.3 is 10.2 Å². The fourth-order valence-electron chi connectivity index (χ4n) is 3.51. The lowest BCUT2D eigenvalue weighted by Crippen LogP contribution is -2.47. The van der Waals surface area contributed by atoms with Crippen LogP contribution in [-0.2, 0) is 17.1 Å². The molecule has 0 atom stereocenters. The van der Waals surface area contributed by atoms with Gasteiger partial charge in [0.1, 0.15) is 5.82 Å². The highest BCUT2D eigenvalue weighted by Gasteiger charge is 2.27. The summed E-state index contributed by atoms with van der Waals surface area (Å²) in [4.78, 5) is 14.3. The Balaban J connectivity index is 1.33. The number of rotatable bonds is 5. The van der Waals surface area contributed by atoms with Crippen LogP contribution in [0.15, 0.2) is 53.4 Å². The van der Waals surface area contributed by atoms with Crippen LogP contribution >= 0.6 is 0 Å². The summed E-state index contributed by atoms with van der Waals surface area (Å²) in [6.45, 7) is 0.796. The average molecular weight is 460 g/mol. The number of aryl methyl sites for hydroxylation is 1. The van der Waals surface area contributed by atoms with Crippen molar-refractivity contribution in [1.82, 2.24) is 29.8 Å². The van der Waals surface area contributed by atoms with E-state index in [-0.39, 0.29) is 17.0 Å². The molecule has 0 saturated carbocycles. The summed E-state index contributed by atoms with van der Waals surface area (Å²) >= 11 is 0. The second kappa shape index (κ2) is 9.01. The molecular weight excluding hydrogens is 437 g/mol. The SMILES string of the molecule is Cn1nnnc1-c1cccc(NC(=O)N2CCC(NS(=O)(=O)c3ccc(F)cc3)CC2)c1. The van der Waals surface area contributed by atoms with Gasteiger partial charge in [0.15, 0.2) is 5.82 Å². The fourth-order valence-corrected chi connectivity index (χ4v) is 4.82. The molecule has 2 amide bonds. The molecule has 32 heavy (non-hydrogen) atoms. The molecule has 0 unspecified atom stereocenters. The number of tetrazole rings is 1. The number of hydrogen-bond donors (Lipinski definition) is 2. The van der Waals surface area contributed by atoms with Crippen molar-refractivity contribution in [1.29, 1.82) is 0 Å². The van der Waals surface area contributed by atoms with Gasteiger partial charge in [-0.3, -0.25) is 0 Å². The van der Waals surface area contributed by atoms with Crippen LogP contribution in [0.4, 0.5) is 14.9 Å². The topological polar surface area (TPSA) is 122 Å². The van der Waals surface area contributed by atoms with E-state index in [1.54, 1.807) is 34.8 Å². The number of hydrogen-bond acceptors (Lipinski definition) is 6. The van der Waals surface area contributed by atoms with Gasteiger partial charge in [-0.25, -0.2) is 27.0 Å². The predicted molar refractivity (Wildman–Crippen MR) is 115 cm³/mol. The standard InChI is InChI=1S/C20H22FN7O3S/c1-27-19(23-25-26-27)14-3-2-4-17(13-14)22-20(29)28-11-9-16(10-12-28)24-32(30,31)18-7-5-15(21)6-8-18/h2-8,13,16,24H,9-12H2,1H3,(H,22,29). The Kier molecular flexibility index (Phi) is 6.15. The van der Waals surface area contributed by atoms with Crippen LogP contribution in [0.2, 0.25) is 0 Å². The van der Waals surface area contributed by atoms with E-state index in [9.17, 15) is 17.6 Å². The van der Waals surface area contributed by atoms with Crippen LogP contribution in [0.5, 0.6) is 0 Å². The highest BCUT2D eigenvalue weighted by atomic mass is 32.2. The first kappa shape index (κ1) is 21.8. The summed E-state index contributed by atoms with van der Waals surface area (Å²) in [5.41, 5.74) is 1.37. The molecule has 1 fully saturated rings. The lowest BCUT2D eigenvalue weighted by Gasteiger charge is -2.32. The smallest absolute Gasteiger partial charge is 0.321 e. The monoisotopic (exact) mass is 459 g/mol. The zero-order valence-electron chi connectivity index (χ0n) is 17.3. The van der Waals surface area contributed by atoms with Crippen molar-refractivity contribution in [2.24, 2.45) is 7.05 Å². The largest absolute Gasteiger partial charge is 0.324 e. The summed E-state index contributed by atoms with van der Waals surface area (Å²) in [5, 5.41) is 14.3. The minimum atomic E-state index is -3.75. The van der Waals surface area contributed by atoms with Gasteiger partial charge >= 0.3 is 6.03 Å². The first-order valence-corrected chi connectivity index (χ1v) is 11.5. The second-order valence-electron chi connectivity index (χ2n) is 7.47. The number of aromatic nitrogens is 4. The van der Waals surface area contributed by atoms with Gasteiger partial charge in [0, 0.05) is 37.4 Å². The zero-order chi connectivity index (χ0) is 22.7. The van der Waals surface area contributed by atoms with E-state index in [0.717, 1.165) is 17.7 Å². The van der Waals surface area contributed by atoms with Crippen LogP contribution in [0.25, 0.3) is 11.4 Å². The van der Waals surface area contributed by atoms with Crippen LogP contribution in [0.3, 0.4) is 0 Å². The Labute approximate surface area is 184 Å². The quantitative estimate of drug-likeness (QED) is 0.602. The molecule has 0 radical (unpaired) electrons. The number of sulfonamides is 1. The van der Waals surface area contributed by atoms with E-state index >= 15 is 0 Å². The van der Waals surface area contributed by atoms with E-state index in [1.165, 1.54) is 12.1 Å². The predicted octanol–water partition coefficient (Wildman–Crippen LogP) is 1.99. The Morgan fingerprint density at radius 1 is 1.12 bits per heavy atom. The maximum absolute atomic E-state index is 13.1. The number of benzene rings is 2. The van der Waals surface area contributed by atoms with Gasteiger partial charge in [-0.05, 0) is 59.7 Å². The molecule has 4 rings (SSSR count). The Bertz CT molecular complexity index is 1210. The highest BCUT2D eigenvalue weighted by molar-refractivity contribution is 7.89. The van der Waals surface area contributed by atoms with Gasteiger partial charge in [-0.2, -0.15) is 0 Å². The maximum atomic E-state index is 13.1. The summed E-state index contributed by atoms with van der Waals surface area (Å²) in [5.74, 6) is 0.0809. The van der Waals surface area contributed by atoms with Crippen LogP contribution in [-0.4, -0.2) is 58.7 Å². The average Bonchev–Trinajstić information content (AvgIpc) is 3.20. The lowest BCUT2D eigenvalue weighted by molar-refractivity contribution is 0.193. The highest BCUT2D eigenvalue weighted by Crippen LogP contribution is 2.21. The summed E-state index contributed by atoms with van der Waals surface area (Å²) in [7, 11) is -2.02. The molecule has 2 aromatic carbocycles. The first-order chi connectivity index (χ1) is 15.3. The number of carbonyl (C=O) groups is 1. The molecule has 2 N–H and O–H groups in total. The van der Waals surface area contributed by atoms with Crippen LogP contribution in [0, 0.1) is 5.82 Å². The fraction of sp³-hybridized carbons (Fsp3) is 0.300. The van der Waals surface area contributed by atoms with Crippen molar-refractivity contribution < 1.29 is 17.6 Å². The number of nitrogens with zero attached hydrogens (tertiary/aromatic N) is 5. The Morgan fingerprint density at radius 3 is 2.50 bits per heavy atom. The minimum Gasteiger partial charge on any atom is -0.324 e. The van der Waals surface area contributed by atoms with Crippen molar-refractivity contribution in [3.63, 3.8) is 0 Å². The molecule has 0 bridgehead atoms. The van der Waals surface area contributed by atoms with Crippen molar-refractivity contribution in [3.8, 4) is 11.4 Å². The maximum Gasteiger partial charge on any atom is 0.321 e. The molecule has 1 aromatic heterocycles. The van der Waals surface area contributed by atoms with Gasteiger partial charge in [-0.15, -0.1) is 5.10 Å². The molecular formula is C20H22FN7O3S. The molecule has 0 aliphatic carbocycles. The normalized spacial score (nSPS) is 15.0. The number of piperidine rings is 1. The third kappa shape index (κ3) is 4.92. The third-order valence-corrected chi connectivity index (χ3v) is 6.76. The van der Waals surface area contributed by atoms with E-state index < -0.39 is 15.8 Å². The number of likely N-dealkylation sites (tertiary alicyclic amines) is 1. The van der Waals surface area contributed by atoms with Gasteiger partial charge in [0.25, 0.3) is 0 Å². The van der Waals surface area contributed by atoms with Gasteiger partial charge in [0.2, 0.25) is 10.0 Å². The Morgan fingerprint density at radius 2 is 1.84 bits per heavy atom. The van der Waals surface area contributed by atoms with Gasteiger partial charge in [-0.1, -0.05) is 12.1 Å². The molecule has 168 valence electrons. The van der Waals surface area contributed by atoms with E-state index in [1.807, 2.05) is 6.07 Å². The number of urea groups is 1.